The number of carbonyl (C=O) groups is 1. The van der Waals surface area contributed by atoms with E-state index < -0.39 is 18.4 Å². The van der Waals surface area contributed by atoms with E-state index in [-0.39, 0.29) is 10.4 Å². The highest BCUT2D eigenvalue weighted by Crippen LogP contribution is 2.21. The van der Waals surface area contributed by atoms with Crippen LogP contribution < -0.4 is 10.2 Å². The lowest BCUT2D eigenvalue weighted by molar-refractivity contribution is -0.304. The molecule has 0 saturated carbocycles. The van der Waals surface area contributed by atoms with E-state index in [9.17, 15) is 22.4 Å². The summed E-state index contributed by atoms with van der Waals surface area (Å²) in [5.74, 6) is -0.642. The van der Waals surface area contributed by atoms with Crippen LogP contribution in [0.2, 0.25) is 0 Å². The van der Waals surface area contributed by atoms with Crippen molar-refractivity contribution >= 4 is 11.6 Å². The molecule has 0 unspecified atom stereocenters. The lowest BCUT2D eigenvalue weighted by atomic mass is 10.3. The number of alkyl halides is 4. The Morgan fingerprint density at radius 1 is 1.29 bits per heavy atom. The smallest absolute Gasteiger partial charge is 0.322 e. The first kappa shape index (κ1) is 14.8. The number of hydrogen-bond donors (Lipinski definition) is 1. The van der Waals surface area contributed by atoms with Crippen molar-refractivity contribution in [2.24, 2.45) is 0 Å². The van der Waals surface area contributed by atoms with Crippen molar-refractivity contribution in [2.75, 3.05) is 5.32 Å². The normalized spacial score (nSPS) is 11.5. The minimum Gasteiger partial charge on any atom is -0.322 e. The van der Waals surface area contributed by atoms with Crippen LogP contribution in [0.15, 0.2) is 42.7 Å². The monoisotopic (exact) mass is 303 g/mol. The maximum atomic E-state index is 12.7. The van der Waals surface area contributed by atoms with Gasteiger partial charge in [0.1, 0.15) is 0 Å². The fourth-order valence-corrected chi connectivity index (χ4v) is 1.36. The second-order valence-corrected chi connectivity index (χ2v) is 3.91. The zero-order chi connectivity index (χ0) is 15.5. The number of hydrogen-bond acceptors (Lipinski definition) is 3. The van der Waals surface area contributed by atoms with Crippen molar-refractivity contribution in [3.63, 3.8) is 0 Å². The molecule has 21 heavy (non-hydrogen) atoms. The number of halogens is 4. The predicted octanol–water partition coefficient (Wildman–Crippen LogP) is 2.42. The highest BCUT2D eigenvalue weighted by Gasteiger charge is 2.45. The van der Waals surface area contributed by atoms with Gasteiger partial charge in [-0.1, -0.05) is 23.0 Å². The van der Waals surface area contributed by atoms with E-state index in [0.29, 0.717) is 5.69 Å². The Kier molecular flexibility index (Phi) is 4.10. The molecule has 1 heterocycles. The average Bonchev–Trinajstić information content (AvgIpc) is 2.87. The number of amides is 1. The maximum absolute atomic E-state index is 12.7. The Bertz CT molecular complexity index is 616. The summed E-state index contributed by atoms with van der Waals surface area (Å²) in [4.78, 5) is 15.6. The predicted molar refractivity (Wildman–Crippen MR) is 64.2 cm³/mol. The summed E-state index contributed by atoms with van der Waals surface area (Å²) in [6.07, 6.45) is -7.02. The van der Waals surface area contributed by atoms with E-state index >= 15 is 0 Å². The Labute approximate surface area is 116 Å². The van der Waals surface area contributed by atoms with Gasteiger partial charge in [0.2, 0.25) is 0 Å². The van der Waals surface area contributed by atoms with Gasteiger partial charge in [-0.15, -0.1) is 5.10 Å². The molecule has 0 aliphatic heterocycles. The van der Waals surface area contributed by atoms with Gasteiger partial charge >= 0.3 is 12.5 Å². The topological polar surface area (TPSA) is 56.2 Å². The summed E-state index contributed by atoms with van der Waals surface area (Å²) in [5, 5.41) is 5.74. The average molecular weight is 303 g/mol. The second-order valence-electron chi connectivity index (χ2n) is 3.91. The zero-order valence-electron chi connectivity index (χ0n) is 10.3. The molecule has 112 valence electrons. The van der Waals surface area contributed by atoms with E-state index in [1.54, 1.807) is 30.3 Å². The number of nitrogens with one attached hydrogen (secondary N) is 1. The highest BCUT2D eigenvalue weighted by molar-refractivity contribution is 6.03. The van der Waals surface area contributed by atoms with Crippen molar-refractivity contribution in [3.8, 4) is 0 Å². The van der Waals surface area contributed by atoms with E-state index in [0.717, 1.165) is 12.4 Å². The summed E-state index contributed by atoms with van der Waals surface area (Å²) in [7, 11) is 0. The number of anilines is 1. The molecule has 0 aliphatic rings. The van der Waals surface area contributed by atoms with Crippen LogP contribution in [0, 0.1) is 0 Å². The van der Waals surface area contributed by atoms with Crippen LogP contribution >= 0.6 is 0 Å². The van der Waals surface area contributed by atoms with Gasteiger partial charge in [0, 0.05) is 5.69 Å². The van der Waals surface area contributed by atoms with Crippen molar-refractivity contribution in [2.45, 2.75) is 12.5 Å². The minimum atomic E-state index is -4.70. The molecule has 0 atom stereocenters. The lowest BCUT2D eigenvalue weighted by Gasteiger charge is -2.14. The van der Waals surface area contributed by atoms with E-state index in [2.05, 4.69) is 15.3 Å². The van der Waals surface area contributed by atoms with Gasteiger partial charge in [-0.05, 0) is 12.1 Å². The maximum Gasteiger partial charge on any atom is 0.480 e. The third-order valence-electron chi connectivity index (χ3n) is 2.32. The molecular formula is C12H9F4N3O2. The van der Waals surface area contributed by atoms with Gasteiger partial charge in [-0.25, -0.2) is 0 Å². The summed E-state index contributed by atoms with van der Waals surface area (Å²) in [5.41, 5.74) is 0.359. The standard InChI is InChI=1S/C12H9F4N3O2/c13-11(14)12(15,16)21-19-7-8(6-17-19)10(20)18-9-4-2-1-3-5-9/h1-7,11H,(H,18,20). The number of benzene rings is 1. The van der Waals surface area contributed by atoms with E-state index in [1.807, 2.05) is 0 Å². The molecule has 0 aliphatic carbocycles. The van der Waals surface area contributed by atoms with Crippen LogP contribution in [0.3, 0.4) is 0 Å². The summed E-state index contributed by atoms with van der Waals surface area (Å²) in [6.45, 7) is 0. The SMILES string of the molecule is O=C(Nc1ccccc1)c1cnn(OC(F)(F)C(F)F)c1. The third-order valence-corrected chi connectivity index (χ3v) is 2.32. The van der Waals surface area contributed by atoms with Crippen LogP contribution in [-0.4, -0.2) is 28.4 Å². The van der Waals surface area contributed by atoms with Gasteiger partial charge in [0.15, 0.2) is 0 Å². The summed E-state index contributed by atoms with van der Waals surface area (Å²) >= 11 is 0. The quantitative estimate of drug-likeness (QED) is 0.863. The van der Waals surface area contributed by atoms with Crippen molar-refractivity contribution < 1.29 is 27.2 Å². The number of nitrogens with zero attached hydrogens (tertiary/aromatic N) is 2. The first-order valence-electron chi connectivity index (χ1n) is 5.65. The van der Waals surface area contributed by atoms with Gasteiger partial charge in [-0.2, -0.15) is 17.6 Å². The molecule has 2 aromatic rings. The Balaban J connectivity index is 2.04. The number of para-hydroxylation sites is 1. The van der Waals surface area contributed by atoms with Crippen LogP contribution in [0.25, 0.3) is 0 Å². The molecule has 0 fully saturated rings. The van der Waals surface area contributed by atoms with Crippen LogP contribution in [-0.2, 0) is 0 Å². The number of carbonyl (C=O) groups excluding carboxylic acids is 1. The fraction of sp³-hybridized carbons (Fsp3) is 0.167. The molecule has 0 bridgehead atoms. The summed E-state index contributed by atoms with van der Waals surface area (Å²) < 4.78 is 49.2. The molecule has 1 aromatic heterocycles. The van der Waals surface area contributed by atoms with E-state index in [4.69, 9.17) is 0 Å². The van der Waals surface area contributed by atoms with Gasteiger partial charge < -0.3 is 10.2 Å². The molecule has 0 radical (unpaired) electrons. The van der Waals surface area contributed by atoms with Crippen molar-refractivity contribution in [3.05, 3.63) is 48.3 Å². The number of aromatic nitrogens is 2. The third kappa shape index (κ3) is 3.71. The van der Waals surface area contributed by atoms with Crippen molar-refractivity contribution in [1.29, 1.82) is 0 Å². The fourth-order valence-electron chi connectivity index (χ4n) is 1.36. The Morgan fingerprint density at radius 2 is 1.95 bits per heavy atom. The second kappa shape index (κ2) is 5.81. The minimum absolute atomic E-state index is 0.117. The molecule has 9 heteroatoms. The molecular weight excluding hydrogens is 294 g/mol. The Hall–Kier alpha value is -2.58. The molecule has 5 nitrogen and oxygen atoms in total. The van der Waals surface area contributed by atoms with Crippen LogP contribution in [0.1, 0.15) is 10.4 Å². The molecule has 0 saturated heterocycles. The molecule has 2 rings (SSSR count). The number of rotatable bonds is 5. The molecule has 1 aromatic carbocycles. The van der Waals surface area contributed by atoms with E-state index in [1.165, 1.54) is 0 Å². The largest absolute Gasteiger partial charge is 0.480 e. The van der Waals surface area contributed by atoms with Crippen LogP contribution in [0.5, 0.6) is 0 Å². The molecule has 1 amide bonds. The lowest BCUT2D eigenvalue weighted by Crippen LogP contribution is -2.39. The van der Waals surface area contributed by atoms with Gasteiger partial charge in [-0.3, -0.25) is 4.79 Å². The molecule has 1 N–H and O–H groups in total. The highest BCUT2D eigenvalue weighted by atomic mass is 19.3. The van der Waals surface area contributed by atoms with Crippen LogP contribution in [0.4, 0.5) is 23.2 Å². The Morgan fingerprint density at radius 3 is 2.57 bits per heavy atom. The van der Waals surface area contributed by atoms with Crippen molar-refractivity contribution in [1.82, 2.24) is 9.94 Å². The first-order chi connectivity index (χ1) is 9.88. The summed E-state index contributed by atoms with van der Waals surface area (Å²) in [6, 6.07) is 8.35. The van der Waals surface area contributed by atoms with Gasteiger partial charge in [0.25, 0.3) is 5.91 Å². The zero-order valence-corrected chi connectivity index (χ0v) is 10.3. The molecule has 0 spiro atoms. The van der Waals surface area contributed by atoms with Gasteiger partial charge in [0.05, 0.1) is 18.0 Å². The first-order valence-corrected chi connectivity index (χ1v) is 5.65.